The van der Waals surface area contributed by atoms with Crippen LogP contribution in [0.4, 0.5) is 0 Å². The Morgan fingerprint density at radius 1 is 1.22 bits per heavy atom. The summed E-state index contributed by atoms with van der Waals surface area (Å²) in [5, 5.41) is 0. The van der Waals surface area contributed by atoms with E-state index in [-0.39, 0.29) is 12.4 Å². The number of hydrogen-bond donors (Lipinski definition) is 0. The summed E-state index contributed by atoms with van der Waals surface area (Å²) < 4.78 is 4.87. The number of rotatable bonds is 4. The van der Waals surface area contributed by atoms with Gasteiger partial charge in [-0.2, -0.15) is 0 Å². The second-order valence-electron chi connectivity index (χ2n) is 4.37. The minimum atomic E-state index is -0.829. The Labute approximate surface area is 110 Å². The first kappa shape index (κ1) is 14.8. The van der Waals surface area contributed by atoms with Gasteiger partial charge in [0.2, 0.25) is 0 Å². The van der Waals surface area contributed by atoms with Crippen molar-refractivity contribution < 1.29 is 14.3 Å². The van der Waals surface area contributed by atoms with Gasteiger partial charge in [-0.15, -0.1) is 9.24 Å². The molecule has 3 nitrogen and oxygen atoms in total. The number of hydrogen-bond acceptors (Lipinski definition) is 3. The van der Waals surface area contributed by atoms with E-state index in [4.69, 9.17) is 4.74 Å². The normalized spacial score (nSPS) is 12.1. The van der Waals surface area contributed by atoms with Gasteiger partial charge in [-0.05, 0) is 38.8 Å². The molecule has 0 aromatic heterocycles. The monoisotopic (exact) mass is 266 g/mol. The van der Waals surface area contributed by atoms with Gasteiger partial charge < -0.3 is 4.74 Å². The highest BCUT2D eigenvalue weighted by molar-refractivity contribution is 7.21. The Bertz CT molecular complexity index is 457. The lowest BCUT2D eigenvalue weighted by atomic mass is 9.95. The van der Waals surface area contributed by atoms with Crippen molar-refractivity contribution in [3.05, 3.63) is 34.4 Å². The van der Waals surface area contributed by atoms with Crippen molar-refractivity contribution in [1.29, 1.82) is 0 Å². The third kappa shape index (κ3) is 3.17. The standard InChI is InChI=1S/C14H19O3P/c1-5-17-14(16)13(18)12(15)11-9(3)6-8(2)7-10(11)4/h6-7,13H,5,18H2,1-4H3. The molecule has 18 heavy (non-hydrogen) atoms. The lowest BCUT2D eigenvalue weighted by Crippen LogP contribution is -2.27. The number of ether oxygens (including phenoxy) is 1. The lowest BCUT2D eigenvalue weighted by molar-refractivity contribution is -0.141. The van der Waals surface area contributed by atoms with Crippen LogP contribution in [-0.4, -0.2) is 24.0 Å². The maximum absolute atomic E-state index is 12.3. The third-order valence-electron chi connectivity index (χ3n) is 2.75. The highest BCUT2D eigenvalue weighted by Crippen LogP contribution is 2.21. The molecule has 0 radical (unpaired) electrons. The molecular weight excluding hydrogens is 247 g/mol. The Hall–Kier alpha value is -1.21. The van der Waals surface area contributed by atoms with Crippen LogP contribution in [0, 0.1) is 20.8 Å². The van der Waals surface area contributed by atoms with Crippen LogP contribution in [0.5, 0.6) is 0 Å². The first-order chi connectivity index (χ1) is 8.38. The van der Waals surface area contributed by atoms with Gasteiger partial charge in [0.15, 0.2) is 5.78 Å². The molecule has 0 aliphatic carbocycles. The van der Waals surface area contributed by atoms with Gasteiger partial charge in [0.25, 0.3) is 0 Å². The lowest BCUT2D eigenvalue weighted by Gasteiger charge is -2.14. The third-order valence-corrected chi connectivity index (χ3v) is 3.32. The van der Waals surface area contributed by atoms with Crippen LogP contribution < -0.4 is 0 Å². The first-order valence-electron chi connectivity index (χ1n) is 5.92. The number of benzene rings is 1. The predicted octanol–water partition coefficient (Wildman–Crippen LogP) is 2.60. The maximum atomic E-state index is 12.3. The van der Waals surface area contributed by atoms with Crippen molar-refractivity contribution in [1.82, 2.24) is 0 Å². The van der Waals surface area contributed by atoms with Crippen molar-refractivity contribution in [2.75, 3.05) is 6.61 Å². The van der Waals surface area contributed by atoms with Crippen LogP contribution in [0.2, 0.25) is 0 Å². The van der Waals surface area contributed by atoms with Gasteiger partial charge in [0.1, 0.15) is 5.66 Å². The van der Waals surface area contributed by atoms with Crippen LogP contribution in [0.15, 0.2) is 12.1 Å². The van der Waals surface area contributed by atoms with E-state index in [0.717, 1.165) is 16.7 Å². The smallest absolute Gasteiger partial charge is 0.320 e. The Morgan fingerprint density at radius 2 is 1.72 bits per heavy atom. The second kappa shape index (κ2) is 6.10. The van der Waals surface area contributed by atoms with E-state index < -0.39 is 11.6 Å². The second-order valence-corrected chi connectivity index (χ2v) is 5.03. The summed E-state index contributed by atoms with van der Waals surface area (Å²) in [5.41, 5.74) is 2.69. The number of carbonyl (C=O) groups is 2. The van der Waals surface area contributed by atoms with Gasteiger partial charge in [0.05, 0.1) is 6.61 Å². The molecule has 0 saturated heterocycles. The molecule has 2 unspecified atom stereocenters. The zero-order valence-corrected chi connectivity index (χ0v) is 12.4. The average molecular weight is 266 g/mol. The SMILES string of the molecule is CCOC(=O)C(P)C(=O)c1c(C)cc(C)cc1C. The minimum absolute atomic E-state index is 0.201. The molecule has 0 aliphatic heterocycles. The van der Waals surface area contributed by atoms with Gasteiger partial charge >= 0.3 is 5.97 Å². The van der Waals surface area contributed by atoms with Gasteiger partial charge in [-0.25, -0.2) is 0 Å². The Morgan fingerprint density at radius 3 is 2.17 bits per heavy atom. The van der Waals surface area contributed by atoms with Crippen molar-refractivity contribution in [3.8, 4) is 0 Å². The highest BCUT2D eigenvalue weighted by Gasteiger charge is 2.26. The summed E-state index contributed by atoms with van der Waals surface area (Å²) in [6.07, 6.45) is 0. The van der Waals surface area contributed by atoms with Crippen LogP contribution in [0.3, 0.4) is 0 Å². The fourth-order valence-electron chi connectivity index (χ4n) is 2.06. The van der Waals surface area contributed by atoms with Crippen molar-refractivity contribution in [2.45, 2.75) is 33.4 Å². The molecule has 0 aliphatic rings. The Balaban J connectivity index is 3.08. The van der Waals surface area contributed by atoms with Gasteiger partial charge in [-0.1, -0.05) is 17.7 Å². The van der Waals surface area contributed by atoms with E-state index in [9.17, 15) is 9.59 Å². The van der Waals surface area contributed by atoms with Crippen LogP contribution in [0.25, 0.3) is 0 Å². The van der Waals surface area contributed by atoms with Crippen LogP contribution in [0.1, 0.15) is 34.0 Å². The molecule has 0 heterocycles. The maximum Gasteiger partial charge on any atom is 0.320 e. The molecule has 2 atom stereocenters. The molecule has 0 N–H and O–H groups in total. The fourth-order valence-corrected chi connectivity index (χ4v) is 2.33. The van der Waals surface area contributed by atoms with E-state index in [2.05, 4.69) is 9.24 Å². The number of Topliss-reactive ketones (excluding diaryl/α,β-unsaturated/α-hetero) is 1. The largest absolute Gasteiger partial charge is 0.465 e. The van der Waals surface area contributed by atoms with Crippen molar-refractivity contribution in [3.63, 3.8) is 0 Å². The summed E-state index contributed by atoms with van der Waals surface area (Å²) in [5.74, 6) is -0.694. The van der Waals surface area contributed by atoms with Crippen LogP contribution in [-0.2, 0) is 9.53 Å². The molecule has 0 amide bonds. The van der Waals surface area contributed by atoms with Crippen molar-refractivity contribution in [2.24, 2.45) is 0 Å². The summed E-state index contributed by atoms with van der Waals surface area (Å²) >= 11 is 0. The summed E-state index contributed by atoms with van der Waals surface area (Å²) in [6, 6.07) is 3.89. The molecule has 0 fully saturated rings. The average Bonchev–Trinajstić information content (AvgIpc) is 2.26. The number of carbonyl (C=O) groups excluding carboxylic acids is 2. The minimum Gasteiger partial charge on any atom is -0.465 e. The molecule has 1 rings (SSSR count). The summed E-state index contributed by atoms with van der Waals surface area (Å²) in [4.78, 5) is 23.9. The molecule has 4 heteroatoms. The predicted molar refractivity (Wildman–Crippen MR) is 75.1 cm³/mol. The number of esters is 1. The summed E-state index contributed by atoms with van der Waals surface area (Å²) in [6.45, 7) is 7.76. The van der Waals surface area contributed by atoms with E-state index in [1.165, 1.54) is 0 Å². The van der Waals surface area contributed by atoms with E-state index in [1.807, 2.05) is 32.9 Å². The van der Waals surface area contributed by atoms with E-state index >= 15 is 0 Å². The number of ketones is 1. The fraction of sp³-hybridized carbons (Fsp3) is 0.429. The van der Waals surface area contributed by atoms with E-state index in [1.54, 1.807) is 6.92 Å². The topological polar surface area (TPSA) is 43.4 Å². The first-order valence-corrected chi connectivity index (χ1v) is 6.59. The highest BCUT2D eigenvalue weighted by atomic mass is 31.0. The van der Waals surface area contributed by atoms with Gasteiger partial charge in [0, 0.05) is 5.56 Å². The quantitative estimate of drug-likeness (QED) is 0.364. The molecule has 0 saturated carbocycles. The van der Waals surface area contributed by atoms with Crippen LogP contribution >= 0.6 is 9.24 Å². The Kier molecular flexibility index (Phi) is 5.03. The van der Waals surface area contributed by atoms with E-state index in [0.29, 0.717) is 5.56 Å². The van der Waals surface area contributed by atoms with Gasteiger partial charge in [-0.3, -0.25) is 9.59 Å². The summed E-state index contributed by atoms with van der Waals surface area (Å²) in [7, 11) is 2.27. The van der Waals surface area contributed by atoms with Crippen molar-refractivity contribution >= 4 is 21.0 Å². The molecule has 0 spiro atoms. The molecular formula is C14H19O3P. The molecule has 0 bridgehead atoms. The molecule has 98 valence electrons. The molecule has 1 aromatic rings. The zero-order valence-electron chi connectivity index (χ0n) is 11.2. The molecule has 1 aromatic carbocycles. The zero-order chi connectivity index (χ0) is 13.9. The number of aryl methyl sites for hydroxylation is 3.